The second-order valence-corrected chi connectivity index (χ2v) is 6.96. The van der Waals surface area contributed by atoms with E-state index in [-0.39, 0.29) is 0 Å². The van der Waals surface area contributed by atoms with E-state index in [1.807, 2.05) is 6.92 Å². The number of rotatable bonds is 7. The number of piperidine rings is 1. The first kappa shape index (κ1) is 18.6. The van der Waals surface area contributed by atoms with Gasteiger partial charge in [-0.2, -0.15) is 0 Å². The zero-order chi connectivity index (χ0) is 17.5. The van der Waals surface area contributed by atoms with Crippen molar-refractivity contribution in [3.05, 3.63) is 29.3 Å². The summed E-state index contributed by atoms with van der Waals surface area (Å²) in [6.45, 7) is 10.6. The predicted molar refractivity (Wildman–Crippen MR) is 99.0 cm³/mol. The van der Waals surface area contributed by atoms with Gasteiger partial charge in [-0.25, -0.2) is 0 Å². The van der Waals surface area contributed by atoms with Crippen LogP contribution in [0.1, 0.15) is 30.9 Å². The molecule has 2 aliphatic heterocycles. The lowest BCUT2D eigenvalue weighted by Crippen LogP contribution is -2.51. The van der Waals surface area contributed by atoms with Crippen LogP contribution in [0.2, 0.25) is 0 Å². The van der Waals surface area contributed by atoms with Crippen LogP contribution in [0.15, 0.2) is 18.2 Å². The Balaban J connectivity index is 1.60. The third kappa shape index (κ3) is 5.17. The number of hydrogen-bond acceptors (Lipinski definition) is 5. The van der Waals surface area contributed by atoms with Crippen LogP contribution in [0.3, 0.4) is 0 Å². The number of nitrogens with zero attached hydrogens (tertiary/aromatic N) is 2. The highest BCUT2D eigenvalue weighted by Crippen LogP contribution is 2.24. The molecule has 1 atom stereocenters. The van der Waals surface area contributed by atoms with Gasteiger partial charge in [-0.15, -0.1) is 0 Å². The Labute approximate surface area is 151 Å². The monoisotopic (exact) mass is 348 g/mol. The molecule has 0 aromatic heterocycles. The maximum absolute atomic E-state index is 5.59. The molecule has 3 rings (SSSR count). The van der Waals surface area contributed by atoms with Gasteiger partial charge in [0.05, 0.1) is 26.9 Å². The third-order valence-corrected chi connectivity index (χ3v) is 5.26. The minimum Gasteiger partial charge on any atom is -0.496 e. The van der Waals surface area contributed by atoms with E-state index in [0.29, 0.717) is 12.6 Å². The van der Waals surface area contributed by atoms with Crippen LogP contribution in [0.5, 0.6) is 5.75 Å². The Hall–Kier alpha value is -1.14. The molecule has 5 heteroatoms. The summed E-state index contributed by atoms with van der Waals surface area (Å²) in [6.07, 6.45) is 2.60. The highest BCUT2D eigenvalue weighted by molar-refractivity contribution is 5.37. The lowest BCUT2D eigenvalue weighted by Gasteiger charge is -2.41. The molecular formula is C20H32N2O3. The fraction of sp³-hybridized carbons (Fsp3) is 0.700. The smallest absolute Gasteiger partial charge is 0.124 e. The molecule has 1 aromatic carbocycles. The average Bonchev–Trinajstić information content (AvgIpc) is 2.67. The molecule has 0 N–H and O–H groups in total. The van der Waals surface area contributed by atoms with Crippen LogP contribution in [0, 0.1) is 0 Å². The molecular weight excluding hydrogens is 316 g/mol. The second kappa shape index (κ2) is 9.53. The van der Waals surface area contributed by atoms with Gasteiger partial charge in [-0.05, 0) is 44.0 Å². The van der Waals surface area contributed by atoms with Crippen molar-refractivity contribution in [2.45, 2.75) is 39.0 Å². The Bertz CT molecular complexity index is 532. The molecule has 0 radical (unpaired) electrons. The largest absolute Gasteiger partial charge is 0.496 e. The molecule has 0 spiro atoms. The van der Waals surface area contributed by atoms with E-state index in [1.165, 1.54) is 24.9 Å². The normalized spacial score (nSPS) is 22.9. The summed E-state index contributed by atoms with van der Waals surface area (Å²) in [4.78, 5) is 5.21. The van der Waals surface area contributed by atoms with E-state index >= 15 is 0 Å². The number of likely N-dealkylation sites (tertiary alicyclic amines) is 1. The predicted octanol–water partition coefficient (Wildman–Crippen LogP) is 2.53. The Kier molecular flexibility index (Phi) is 7.11. The molecule has 2 fully saturated rings. The number of morpholine rings is 1. The standard InChI is InChI=1S/C20H32N2O3/c1-3-24-16-18-13-17(6-7-20(18)23-2)14-21-8-4-5-19(15-21)22-9-11-25-12-10-22/h6-7,13,19H,3-5,8-12,14-16H2,1-2H3. The molecule has 1 unspecified atom stereocenters. The van der Waals surface area contributed by atoms with Gasteiger partial charge in [0.2, 0.25) is 0 Å². The summed E-state index contributed by atoms with van der Waals surface area (Å²) in [5.74, 6) is 0.919. The van der Waals surface area contributed by atoms with Crippen molar-refractivity contribution in [2.75, 3.05) is 53.1 Å². The number of benzene rings is 1. The summed E-state index contributed by atoms with van der Waals surface area (Å²) < 4.78 is 16.6. The van der Waals surface area contributed by atoms with Crippen LogP contribution in [-0.2, 0) is 22.6 Å². The van der Waals surface area contributed by atoms with Crippen LogP contribution >= 0.6 is 0 Å². The van der Waals surface area contributed by atoms with Crippen LogP contribution in [0.4, 0.5) is 0 Å². The molecule has 2 saturated heterocycles. The highest BCUT2D eigenvalue weighted by Gasteiger charge is 2.26. The van der Waals surface area contributed by atoms with Gasteiger partial charge in [0, 0.05) is 44.4 Å². The van der Waals surface area contributed by atoms with Crippen LogP contribution in [-0.4, -0.2) is 69.0 Å². The van der Waals surface area contributed by atoms with E-state index in [1.54, 1.807) is 7.11 Å². The van der Waals surface area contributed by atoms with E-state index in [9.17, 15) is 0 Å². The topological polar surface area (TPSA) is 34.2 Å². The summed E-state index contributed by atoms with van der Waals surface area (Å²) in [7, 11) is 1.72. The maximum Gasteiger partial charge on any atom is 0.124 e. The van der Waals surface area contributed by atoms with E-state index in [4.69, 9.17) is 14.2 Å². The lowest BCUT2D eigenvalue weighted by molar-refractivity contribution is -0.00358. The Morgan fingerprint density at radius 2 is 2.04 bits per heavy atom. The highest BCUT2D eigenvalue weighted by atomic mass is 16.5. The maximum atomic E-state index is 5.59. The molecule has 140 valence electrons. The van der Waals surface area contributed by atoms with Crippen molar-refractivity contribution in [3.63, 3.8) is 0 Å². The number of ether oxygens (including phenoxy) is 3. The summed E-state index contributed by atoms with van der Waals surface area (Å²) >= 11 is 0. The molecule has 2 aliphatic rings. The zero-order valence-electron chi connectivity index (χ0n) is 15.7. The zero-order valence-corrected chi connectivity index (χ0v) is 15.7. The molecule has 5 nitrogen and oxygen atoms in total. The van der Waals surface area contributed by atoms with Crippen molar-refractivity contribution in [3.8, 4) is 5.75 Å². The van der Waals surface area contributed by atoms with E-state index in [0.717, 1.165) is 57.3 Å². The minimum absolute atomic E-state index is 0.615. The fourth-order valence-corrected chi connectivity index (χ4v) is 3.93. The minimum atomic E-state index is 0.615. The van der Waals surface area contributed by atoms with Gasteiger partial charge >= 0.3 is 0 Å². The first-order valence-electron chi connectivity index (χ1n) is 9.58. The van der Waals surface area contributed by atoms with Crippen LogP contribution in [0.25, 0.3) is 0 Å². The van der Waals surface area contributed by atoms with Crippen molar-refractivity contribution in [1.29, 1.82) is 0 Å². The molecule has 0 aliphatic carbocycles. The SMILES string of the molecule is CCOCc1cc(CN2CCCC(N3CCOCC3)C2)ccc1OC. The van der Waals surface area contributed by atoms with Gasteiger partial charge in [0.25, 0.3) is 0 Å². The average molecular weight is 348 g/mol. The van der Waals surface area contributed by atoms with Crippen molar-refractivity contribution >= 4 is 0 Å². The summed E-state index contributed by atoms with van der Waals surface area (Å²) in [5, 5.41) is 0. The molecule has 0 amide bonds. The van der Waals surface area contributed by atoms with Crippen molar-refractivity contribution < 1.29 is 14.2 Å². The fourth-order valence-electron chi connectivity index (χ4n) is 3.93. The quantitative estimate of drug-likeness (QED) is 0.756. The lowest BCUT2D eigenvalue weighted by atomic mass is 10.0. The first-order valence-corrected chi connectivity index (χ1v) is 9.58. The van der Waals surface area contributed by atoms with E-state index in [2.05, 4.69) is 28.0 Å². The Morgan fingerprint density at radius 3 is 2.80 bits per heavy atom. The van der Waals surface area contributed by atoms with Gasteiger partial charge in [0.1, 0.15) is 5.75 Å². The third-order valence-electron chi connectivity index (χ3n) is 5.26. The van der Waals surface area contributed by atoms with Gasteiger partial charge in [-0.1, -0.05) is 6.07 Å². The van der Waals surface area contributed by atoms with Gasteiger partial charge < -0.3 is 14.2 Å². The van der Waals surface area contributed by atoms with Crippen molar-refractivity contribution in [2.24, 2.45) is 0 Å². The molecule has 25 heavy (non-hydrogen) atoms. The second-order valence-electron chi connectivity index (χ2n) is 6.96. The number of methoxy groups -OCH3 is 1. The number of hydrogen-bond donors (Lipinski definition) is 0. The molecule has 0 bridgehead atoms. The molecule has 1 aromatic rings. The Morgan fingerprint density at radius 1 is 1.20 bits per heavy atom. The molecule has 0 saturated carbocycles. The summed E-state index contributed by atoms with van der Waals surface area (Å²) in [5.41, 5.74) is 2.49. The van der Waals surface area contributed by atoms with Gasteiger partial charge in [-0.3, -0.25) is 9.80 Å². The van der Waals surface area contributed by atoms with Gasteiger partial charge in [0.15, 0.2) is 0 Å². The summed E-state index contributed by atoms with van der Waals surface area (Å²) in [6, 6.07) is 7.19. The van der Waals surface area contributed by atoms with Crippen molar-refractivity contribution in [1.82, 2.24) is 9.80 Å². The first-order chi connectivity index (χ1) is 12.3. The van der Waals surface area contributed by atoms with E-state index < -0.39 is 0 Å². The van der Waals surface area contributed by atoms with Crippen LogP contribution < -0.4 is 4.74 Å². The molecule has 2 heterocycles.